The van der Waals surface area contributed by atoms with Gasteiger partial charge in [-0.3, -0.25) is 0 Å². The SMILES string of the molecule is C=C(C)C(=O)OCC(C(C)C)C(O)CC(C)C. The lowest BCUT2D eigenvalue weighted by Gasteiger charge is -2.27. The first-order chi connectivity index (χ1) is 7.75. The Hall–Kier alpha value is -0.830. The second-order valence-corrected chi connectivity index (χ2v) is 5.48. The zero-order valence-electron chi connectivity index (χ0n) is 11.7. The summed E-state index contributed by atoms with van der Waals surface area (Å²) in [6.07, 6.45) is 0.306. The second kappa shape index (κ2) is 7.49. The van der Waals surface area contributed by atoms with E-state index in [-0.39, 0.29) is 24.4 Å². The van der Waals surface area contributed by atoms with E-state index >= 15 is 0 Å². The van der Waals surface area contributed by atoms with Crippen LogP contribution in [0.15, 0.2) is 12.2 Å². The minimum Gasteiger partial charge on any atom is -0.462 e. The van der Waals surface area contributed by atoms with Crippen molar-refractivity contribution in [2.24, 2.45) is 17.8 Å². The average molecular weight is 242 g/mol. The molecule has 0 spiro atoms. The lowest BCUT2D eigenvalue weighted by atomic mass is 9.87. The number of aliphatic hydroxyl groups is 1. The molecule has 1 N–H and O–H groups in total. The molecule has 0 aliphatic rings. The number of carbonyl (C=O) groups is 1. The van der Waals surface area contributed by atoms with E-state index in [1.165, 1.54) is 0 Å². The third-order valence-electron chi connectivity index (χ3n) is 2.82. The highest BCUT2D eigenvalue weighted by Gasteiger charge is 2.25. The van der Waals surface area contributed by atoms with E-state index in [2.05, 4.69) is 20.4 Å². The summed E-state index contributed by atoms with van der Waals surface area (Å²) in [5.41, 5.74) is 0.394. The van der Waals surface area contributed by atoms with Crippen molar-refractivity contribution in [3.05, 3.63) is 12.2 Å². The maximum atomic E-state index is 11.3. The van der Waals surface area contributed by atoms with Crippen LogP contribution in [0.1, 0.15) is 41.0 Å². The van der Waals surface area contributed by atoms with Crippen LogP contribution in [0.4, 0.5) is 0 Å². The zero-order valence-corrected chi connectivity index (χ0v) is 11.7. The van der Waals surface area contributed by atoms with Crippen molar-refractivity contribution < 1.29 is 14.6 Å². The smallest absolute Gasteiger partial charge is 0.333 e. The van der Waals surface area contributed by atoms with Gasteiger partial charge in [-0.25, -0.2) is 4.79 Å². The highest BCUT2D eigenvalue weighted by molar-refractivity contribution is 5.86. The standard InChI is InChI=1S/C14H26O3/c1-9(2)7-13(15)12(10(3)4)8-17-14(16)11(5)6/h9-10,12-13,15H,5,7-8H2,1-4,6H3. The molecule has 100 valence electrons. The molecule has 0 amide bonds. The molecular formula is C14H26O3. The van der Waals surface area contributed by atoms with Crippen molar-refractivity contribution in [3.63, 3.8) is 0 Å². The molecule has 0 heterocycles. The third kappa shape index (κ3) is 6.47. The van der Waals surface area contributed by atoms with Gasteiger partial charge in [-0.15, -0.1) is 0 Å². The Kier molecular flexibility index (Phi) is 7.12. The van der Waals surface area contributed by atoms with E-state index in [9.17, 15) is 9.90 Å². The summed E-state index contributed by atoms with van der Waals surface area (Å²) in [6.45, 7) is 13.6. The Balaban J connectivity index is 4.34. The van der Waals surface area contributed by atoms with Crippen LogP contribution in [0.2, 0.25) is 0 Å². The van der Waals surface area contributed by atoms with Gasteiger partial charge in [0.15, 0.2) is 0 Å². The molecule has 0 rings (SSSR count). The quantitative estimate of drug-likeness (QED) is 0.551. The Morgan fingerprint density at radius 3 is 2.18 bits per heavy atom. The van der Waals surface area contributed by atoms with E-state index in [4.69, 9.17) is 4.74 Å². The summed E-state index contributed by atoms with van der Waals surface area (Å²) in [5.74, 6) is 0.317. The van der Waals surface area contributed by atoms with Crippen molar-refractivity contribution in [3.8, 4) is 0 Å². The Morgan fingerprint density at radius 1 is 1.29 bits per heavy atom. The third-order valence-corrected chi connectivity index (χ3v) is 2.82. The van der Waals surface area contributed by atoms with Gasteiger partial charge in [-0.2, -0.15) is 0 Å². The van der Waals surface area contributed by atoms with E-state index in [1.54, 1.807) is 6.92 Å². The van der Waals surface area contributed by atoms with Crippen LogP contribution >= 0.6 is 0 Å². The number of carbonyl (C=O) groups excluding carboxylic acids is 1. The van der Waals surface area contributed by atoms with Crippen molar-refractivity contribution in [1.29, 1.82) is 0 Å². The first-order valence-corrected chi connectivity index (χ1v) is 6.26. The number of hydrogen-bond acceptors (Lipinski definition) is 3. The van der Waals surface area contributed by atoms with Crippen LogP contribution in [0.3, 0.4) is 0 Å². The summed E-state index contributed by atoms with van der Waals surface area (Å²) in [4.78, 5) is 11.3. The largest absolute Gasteiger partial charge is 0.462 e. The summed E-state index contributed by atoms with van der Waals surface area (Å²) in [7, 11) is 0. The Morgan fingerprint density at radius 2 is 1.82 bits per heavy atom. The minimum absolute atomic E-state index is 0.0132. The van der Waals surface area contributed by atoms with Crippen molar-refractivity contribution >= 4 is 5.97 Å². The molecular weight excluding hydrogens is 216 g/mol. The van der Waals surface area contributed by atoms with Crippen LogP contribution < -0.4 is 0 Å². The van der Waals surface area contributed by atoms with Gasteiger partial charge in [0.1, 0.15) is 0 Å². The Labute approximate surface area is 105 Å². The number of rotatable bonds is 7. The van der Waals surface area contributed by atoms with Gasteiger partial charge in [0.2, 0.25) is 0 Å². The topological polar surface area (TPSA) is 46.5 Å². The first-order valence-electron chi connectivity index (χ1n) is 6.26. The average Bonchev–Trinajstić information content (AvgIpc) is 2.15. The minimum atomic E-state index is -0.423. The lowest BCUT2D eigenvalue weighted by Crippen LogP contribution is -2.31. The van der Waals surface area contributed by atoms with Gasteiger partial charge in [0.25, 0.3) is 0 Å². The maximum absolute atomic E-state index is 11.3. The van der Waals surface area contributed by atoms with Crippen molar-refractivity contribution in [2.75, 3.05) is 6.61 Å². The molecule has 0 aliphatic heterocycles. The maximum Gasteiger partial charge on any atom is 0.333 e. The van der Waals surface area contributed by atoms with Gasteiger partial charge in [-0.1, -0.05) is 34.3 Å². The van der Waals surface area contributed by atoms with Crippen LogP contribution in [-0.4, -0.2) is 23.8 Å². The molecule has 0 bridgehead atoms. The molecule has 0 saturated heterocycles. The fourth-order valence-corrected chi connectivity index (χ4v) is 1.70. The Bertz CT molecular complexity index is 256. The number of hydrogen-bond donors (Lipinski definition) is 1. The fourth-order valence-electron chi connectivity index (χ4n) is 1.70. The molecule has 0 fully saturated rings. The van der Waals surface area contributed by atoms with Crippen molar-refractivity contribution in [2.45, 2.75) is 47.1 Å². The van der Waals surface area contributed by atoms with E-state index in [0.29, 0.717) is 11.5 Å². The van der Waals surface area contributed by atoms with Crippen LogP contribution in [0, 0.1) is 17.8 Å². The summed E-state index contributed by atoms with van der Waals surface area (Å²) in [5, 5.41) is 10.1. The molecule has 0 saturated carbocycles. The van der Waals surface area contributed by atoms with E-state index in [0.717, 1.165) is 6.42 Å². The lowest BCUT2D eigenvalue weighted by molar-refractivity contribution is -0.142. The highest BCUT2D eigenvalue weighted by atomic mass is 16.5. The monoisotopic (exact) mass is 242 g/mol. The zero-order chi connectivity index (χ0) is 13.6. The molecule has 0 aromatic carbocycles. The van der Waals surface area contributed by atoms with Gasteiger partial charge >= 0.3 is 5.97 Å². The van der Waals surface area contributed by atoms with E-state index in [1.807, 2.05) is 13.8 Å². The van der Waals surface area contributed by atoms with Crippen LogP contribution in [0.25, 0.3) is 0 Å². The fraction of sp³-hybridized carbons (Fsp3) is 0.786. The molecule has 0 radical (unpaired) electrons. The van der Waals surface area contributed by atoms with Crippen molar-refractivity contribution in [1.82, 2.24) is 0 Å². The number of ether oxygens (including phenoxy) is 1. The first kappa shape index (κ1) is 16.2. The highest BCUT2D eigenvalue weighted by Crippen LogP contribution is 2.21. The molecule has 0 aliphatic carbocycles. The molecule has 2 unspecified atom stereocenters. The van der Waals surface area contributed by atoms with Crippen LogP contribution in [-0.2, 0) is 9.53 Å². The summed E-state index contributed by atoms with van der Waals surface area (Å²) in [6, 6.07) is 0. The van der Waals surface area contributed by atoms with E-state index < -0.39 is 6.10 Å². The molecule has 17 heavy (non-hydrogen) atoms. The van der Waals surface area contributed by atoms with Crippen LogP contribution in [0.5, 0.6) is 0 Å². The molecule has 0 aromatic heterocycles. The molecule has 0 aromatic rings. The number of aliphatic hydroxyl groups excluding tert-OH is 1. The van der Waals surface area contributed by atoms with Gasteiger partial charge in [-0.05, 0) is 25.2 Å². The summed E-state index contributed by atoms with van der Waals surface area (Å²) < 4.78 is 5.13. The molecule has 3 heteroatoms. The second-order valence-electron chi connectivity index (χ2n) is 5.48. The predicted octanol–water partition coefficient (Wildman–Crippen LogP) is 2.78. The number of esters is 1. The normalized spacial score (nSPS) is 14.8. The van der Waals surface area contributed by atoms with Gasteiger partial charge < -0.3 is 9.84 Å². The molecule has 3 nitrogen and oxygen atoms in total. The summed E-state index contributed by atoms with van der Waals surface area (Å²) >= 11 is 0. The molecule has 2 atom stereocenters. The van der Waals surface area contributed by atoms with Gasteiger partial charge in [0.05, 0.1) is 12.7 Å². The van der Waals surface area contributed by atoms with Gasteiger partial charge in [0, 0.05) is 11.5 Å². The predicted molar refractivity (Wildman–Crippen MR) is 69.6 cm³/mol.